The topological polar surface area (TPSA) is 38.3 Å². The van der Waals surface area contributed by atoms with Crippen LogP contribution in [0.4, 0.5) is 5.69 Å². The van der Waals surface area contributed by atoms with Gasteiger partial charge in [-0.2, -0.15) is 0 Å². The zero-order valence-electron chi connectivity index (χ0n) is 12.5. The summed E-state index contributed by atoms with van der Waals surface area (Å²) in [5.74, 6) is 0.558. The number of ether oxygens (including phenoxy) is 1. The van der Waals surface area contributed by atoms with Gasteiger partial charge in [0, 0.05) is 18.7 Å². The third-order valence-electron chi connectivity index (χ3n) is 3.80. The Morgan fingerprint density at radius 3 is 2.95 bits per heavy atom. The number of hydrogen-bond donors (Lipinski definition) is 1. The number of hydrogen-bond acceptors (Lipinski definition) is 2. The van der Waals surface area contributed by atoms with Crippen LogP contribution in [-0.2, 0) is 9.53 Å². The molecule has 3 nitrogen and oxygen atoms in total. The molecule has 1 aromatic carbocycles. The van der Waals surface area contributed by atoms with Crippen molar-refractivity contribution in [2.45, 2.75) is 58.0 Å². The number of rotatable bonds is 5. The lowest BCUT2D eigenvalue weighted by Gasteiger charge is -2.22. The van der Waals surface area contributed by atoms with Crippen molar-refractivity contribution in [3.05, 3.63) is 29.8 Å². The van der Waals surface area contributed by atoms with Gasteiger partial charge in [0.15, 0.2) is 0 Å². The SMILES string of the molecule is CC(C)c1cccc(NC(=O)CCC2CCCCO2)c1. The second-order valence-electron chi connectivity index (χ2n) is 5.86. The Hall–Kier alpha value is -1.35. The highest BCUT2D eigenvalue weighted by molar-refractivity contribution is 5.90. The number of nitrogens with one attached hydrogen (secondary N) is 1. The molecule has 1 N–H and O–H groups in total. The van der Waals surface area contributed by atoms with Gasteiger partial charge in [-0.05, 0) is 49.3 Å². The summed E-state index contributed by atoms with van der Waals surface area (Å²) in [5.41, 5.74) is 2.14. The maximum atomic E-state index is 12.0. The van der Waals surface area contributed by atoms with Crippen LogP contribution < -0.4 is 5.32 Å². The van der Waals surface area contributed by atoms with Crippen molar-refractivity contribution in [1.82, 2.24) is 0 Å². The van der Waals surface area contributed by atoms with Crippen LogP contribution in [0.1, 0.15) is 57.4 Å². The van der Waals surface area contributed by atoms with E-state index in [1.165, 1.54) is 12.0 Å². The van der Waals surface area contributed by atoms with Crippen LogP contribution in [0, 0.1) is 0 Å². The molecule has 1 fully saturated rings. The third kappa shape index (κ3) is 4.64. The second-order valence-corrected chi connectivity index (χ2v) is 5.86. The zero-order chi connectivity index (χ0) is 14.4. The largest absolute Gasteiger partial charge is 0.378 e. The average molecular weight is 275 g/mol. The Kier molecular flexibility index (Phi) is 5.60. The molecule has 0 aromatic heterocycles. The van der Waals surface area contributed by atoms with E-state index in [4.69, 9.17) is 4.74 Å². The molecule has 0 spiro atoms. The molecule has 1 aliphatic rings. The molecular weight excluding hydrogens is 250 g/mol. The fourth-order valence-corrected chi connectivity index (χ4v) is 2.53. The number of amides is 1. The van der Waals surface area contributed by atoms with Gasteiger partial charge in [0.25, 0.3) is 0 Å². The van der Waals surface area contributed by atoms with Crippen LogP contribution in [0.3, 0.4) is 0 Å². The van der Waals surface area contributed by atoms with Crippen molar-refractivity contribution < 1.29 is 9.53 Å². The van der Waals surface area contributed by atoms with Gasteiger partial charge < -0.3 is 10.1 Å². The van der Waals surface area contributed by atoms with E-state index in [0.29, 0.717) is 12.3 Å². The van der Waals surface area contributed by atoms with E-state index in [1.807, 2.05) is 12.1 Å². The standard InChI is InChI=1S/C17H25NO2/c1-13(2)14-6-5-7-15(12-14)18-17(19)10-9-16-8-3-4-11-20-16/h5-7,12-13,16H,3-4,8-11H2,1-2H3,(H,18,19). The molecule has 20 heavy (non-hydrogen) atoms. The summed E-state index contributed by atoms with van der Waals surface area (Å²) in [6.07, 6.45) is 5.12. The molecule has 0 saturated carbocycles. The lowest BCUT2D eigenvalue weighted by Crippen LogP contribution is -2.21. The average Bonchev–Trinajstić information content (AvgIpc) is 2.46. The predicted molar refractivity (Wildman–Crippen MR) is 82.0 cm³/mol. The van der Waals surface area contributed by atoms with E-state index in [0.717, 1.165) is 31.6 Å². The first-order valence-electron chi connectivity index (χ1n) is 7.66. The molecule has 1 heterocycles. The molecule has 0 bridgehead atoms. The first-order valence-corrected chi connectivity index (χ1v) is 7.66. The molecule has 1 atom stereocenters. The molecule has 1 aromatic rings. The molecular formula is C17H25NO2. The summed E-state index contributed by atoms with van der Waals surface area (Å²) >= 11 is 0. The van der Waals surface area contributed by atoms with E-state index in [-0.39, 0.29) is 12.0 Å². The predicted octanol–water partition coefficient (Wildman–Crippen LogP) is 4.10. The number of carbonyl (C=O) groups excluding carboxylic acids is 1. The Morgan fingerprint density at radius 1 is 1.40 bits per heavy atom. The number of benzene rings is 1. The van der Waals surface area contributed by atoms with Crippen LogP contribution in [-0.4, -0.2) is 18.6 Å². The lowest BCUT2D eigenvalue weighted by atomic mass is 10.0. The minimum atomic E-state index is 0.0834. The summed E-state index contributed by atoms with van der Waals surface area (Å²) < 4.78 is 5.65. The van der Waals surface area contributed by atoms with Gasteiger partial charge in [0.2, 0.25) is 5.91 Å². The minimum Gasteiger partial charge on any atom is -0.378 e. The van der Waals surface area contributed by atoms with E-state index in [2.05, 4.69) is 31.3 Å². The van der Waals surface area contributed by atoms with Crippen molar-refractivity contribution in [2.24, 2.45) is 0 Å². The summed E-state index contributed by atoms with van der Waals surface area (Å²) in [6.45, 7) is 5.16. The fraction of sp³-hybridized carbons (Fsp3) is 0.588. The van der Waals surface area contributed by atoms with Crippen molar-refractivity contribution >= 4 is 11.6 Å². The Labute approximate surface area is 121 Å². The van der Waals surface area contributed by atoms with Gasteiger partial charge in [-0.3, -0.25) is 4.79 Å². The third-order valence-corrected chi connectivity index (χ3v) is 3.80. The van der Waals surface area contributed by atoms with Crippen LogP contribution in [0.5, 0.6) is 0 Å². The van der Waals surface area contributed by atoms with Gasteiger partial charge >= 0.3 is 0 Å². The van der Waals surface area contributed by atoms with Crippen molar-refractivity contribution in [3.63, 3.8) is 0 Å². The molecule has 3 heteroatoms. The maximum absolute atomic E-state index is 12.0. The maximum Gasteiger partial charge on any atom is 0.224 e. The minimum absolute atomic E-state index is 0.0834. The fourth-order valence-electron chi connectivity index (χ4n) is 2.53. The molecule has 110 valence electrons. The Morgan fingerprint density at radius 2 is 2.25 bits per heavy atom. The van der Waals surface area contributed by atoms with Gasteiger partial charge in [0.05, 0.1) is 6.10 Å². The van der Waals surface area contributed by atoms with Crippen LogP contribution in [0.15, 0.2) is 24.3 Å². The molecule has 0 aliphatic carbocycles. The number of anilines is 1. The van der Waals surface area contributed by atoms with Crippen molar-refractivity contribution in [3.8, 4) is 0 Å². The van der Waals surface area contributed by atoms with E-state index in [9.17, 15) is 4.79 Å². The first-order chi connectivity index (χ1) is 9.65. The summed E-state index contributed by atoms with van der Waals surface area (Å²) in [4.78, 5) is 12.0. The quantitative estimate of drug-likeness (QED) is 0.878. The lowest BCUT2D eigenvalue weighted by molar-refractivity contribution is -0.117. The van der Waals surface area contributed by atoms with Crippen molar-refractivity contribution in [2.75, 3.05) is 11.9 Å². The van der Waals surface area contributed by atoms with Gasteiger partial charge in [-0.1, -0.05) is 26.0 Å². The van der Waals surface area contributed by atoms with Crippen LogP contribution >= 0.6 is 0 Å². The molecule has 0 radical (unpaired) electrons. The summed E-state index contributed by atoms with van der Waals surface area (Å²) in [5, 5.41) is 2.98. The zero-order valence-corrected chi connectivity index (χ0v) is 12.5. The normalized spacial score (nSPS) is 19.1. The first kappa shape index (κ1) is 15.0. The molecule has 2 rings (SSSR count). The Balaban J connectivity index is 1.80. The van der Waals surface area contributed by atoms with Gasteiger partial charge in [0.1, 0.15) is 0 Å². The smallest absolute Gasteiger partial charge is 0.224 e. The highest BCUT2D eigenvalue weighted by Crippen LogP contribution is 2.20. The monoisotopic (exact) mass is 275 g/mol. The highest BCUT2D eigenvalue weighted by Gasteiger charge is 2.15. The highest BCUT2D eigenvalue weighted by atomic mass is 16.5. The molecule has 1 amide bonds. The van der Waals surface area contributed by atoms with Crippen LogP contribution in [0.25, 0.3) is 0 Å². The summed E-state index contributed by atoms with van der Waals surface area (Å²) in [7, 11) is 0. The molecule has 1 unspecified atom stereocenters. The van der Waals surface area contributed by atoms with E-state index >= 15 is 0 Å². The molecule has 1 aliphatic heterocycles. The number of carbonyl (C=O) groups is 1. The second kappa shape index (κ2) is 7.44. The van der Waals surface area contributed by atoms with Gasteiger partial charge in [-0.25, -0.2) is 0 Å². The molecule has 1 saturated heterocycles. The van der Waals surface area contributed by atoms with Crippen molar-refractivity contribution in [1.29, 1.82) is 0 Å². The van der Waals surface area contributed by atoms with Gasteiger partial charge in [-0.15, -0.1) is 0 Å². The van der Waals surface area contributed by atoms with Crippen LogP contribution in [0.2, 0.25) is 0 Å². The van der Waals surface area contributed by atoms with E-state index in [1.54, 1.807) is 0 Å². The Bertz CT molecular complexity index is 436. The van der Waals surface area contributed by atoms with E-state index < -0.39 is 0 Å². The summed E-state index contributed by atoms with van der Waals surface area (Å²) in [6, 6.07) is 8.09.